The highest BCUT2D eigenvalue weighted by atomic mass is 16.2. The second kappa shape index (κ2) is 4.76. The third kappa shape index (κ3) is 1.77. The first kappa shape index (κ1) is 14.3. The quantitative estimate of drug-likeness (QED) is 0.324. The van der Waals surface area contributed by atoms with E-state index in [1.54, 1.807) is 0 Å². The van der Waals surface area contributed by atoms with Crippen LogP contribution in [0.25, 0.3) is 21.5 Å². The summed E-state index contributed by atoms with van der Waals surface area (Å²) in [6, 6.07) is 0. The molecule has 108 valence electrons. The van der Waals surface area contributed by atoms with Crippen LogP contribution < -0.4 is 16.8 Å². The molecule has 0 spiro atoms. The number of aromatic nitrogens is 3. The predicted octanol–water partition coefficient (Wildman–Crippen LogP) is -0.310. The number of fused-ring (bicyclic) bond motifs is 1. The van der Waals surface area contributed by atoms with Crippen LogP contribution in [0.15, 0.2) is 19.5 Å². The van der Waals surface area contributed by atoms with Gasteiger partial charge >= 0.3 is 5.69 Å². The highest BCUT2D eigenvalue weighted by Gasteiger charge is 2.20. The van der Waals surface area contributed by atoms with Crippen molar-refractivity contribution in [3.8, 4) is 0 Å². The van der Waals surface area contributed by atoms with Gasteiger partial charge in [0.1, 0.15) is 5.65 Å². The van der Waals surface area contributed by atoms with E-state index >= 15 is 0 Å². The molecule has 2 aromatic heterocycles. The van der Waals surface area contributed by atoms with Gasteiger partial charge in [-0.05, 0) is 5.53 Å². The van der Waals surface area contributed by atoms with E-state index in [0.29, 0.717) is 0 Å². The normalized spacial score (nSPS) is 10.4. The van der Waals surface area contributed by atoms with Crippen molar-refractivity contribution in [3.05, 3.63) is 47.2 Å². The number of pyridine rings is 1. The Bertz CT molecular complexity index is 1000. The summed E-state index contributed by atoms with van der Waals surface area (Å²) in [6.07, 6.45) is 0.219. The van der Waals surface area contributed by atoms with Crippen molar-refractivity contribution >= 4 is 23.0 Å². The Balaban J connectivity index is 3.44. The van der Waals surface area contributed by atoms with Gasteiger partial charge in [-0.1, -0.05) is 5.11 Å². The fourth-order valence-corrected chi connectivity index (χ4v) is 2.20. The molecule has 0 aliphatic heterocycles. The molecular formula is C11H10N6O4. The second-order valence-corrected chi connectivity index (χ2v) is 4.34. The van der Waals surface area contributed by atoms with Crippen LogP contribution in [0, 0.1) is 0 Å². The lowest BCUT2D eigenvalue weighted by Gasteiger charge is -2.13. The molecule has 2 aromatic rings. The van der Waals surface area contributed by atoms with Crippen molar-refractivity contribution in [3.63, 3.8) is 0 Å². The molecule has 0 fully saturated rings. The molecule has 2 heterocycles. The number of carbonyl (C=O) groups excluding carboxylic acids is 1. The fourth-order valence-electron chi connectivity index (χ4n) is 2.20. The summed E-state index contributed by atoms with van der Waals surface area (Å²) in [4.78, 5) is 49.9. The van der Waals surface area contributed by atoms with Crippen LogP contribution in [-0.2, 0) is 21.1 Å². The Hall–Kier alpha value is -3.13. The van der Waals surface area contributed by atoms with E-state index in [1.165, 1.54) is 21.1 Å². The number of carbonyl (C=O) groups is 1. The number of hydrogen-bond acceptors (Lipinski definition) is 5. The summed E-state index contributed by atoms with van der Waals surface area (Å²) in [6.45, 7) is 0. The smallest absolute Gasteiger partial charge is 0.298 e. The average molecular weight is 290 g/mol. The minimum atomic E-state index is -0.761. The van der Waals surface area contributed by atoms with Crippen molar-refractivity contribution < 1.29 is 4.79 Å². The molecule has 0 radical (unpaired) electrons. The van der Waals surface area contributed by atoms with E-state index in [0.717, 1.165) is 13.7 Å². The predicted molar refractivity (Wildman–Crippen MR) is 73.9 cm³/mol. The molecule has 0 saturated carbocycles. The third-order valence-electron chi connectivity index (χ3n) is 3.24. The van der Waals surface area contributed by atoms with E-state index in [-0.39, 0.29) is 23.0 Å². The Morgan fingerprint density at radius 1 is 1.05 bits per heavy atom. The van der Waals surface area contributed by atoms with Crippen molar-refractivity contribution in [2.45, 2.75) is 0 Å². The van der Waals surface area contributed by atoms with E-state index in [1.807, 2.05) is 0 Å². The van der Waals surface area contributed by atoms with Crippen LogP contribution in [0.4, 0.5) is 5.69 Å². The molecule has 0 unspecified atom stereocenters. The zero-order chi connectivity index (χ0) is 15.9. The zero-order valence-electron chi connectivity index (χ0n) is 11.4. The van der Waals surface area contributed by atoms with Gasteiger partial charge in [-0.3, -0.25) is 28.1 Å². The molecule has 0 atom stereocenters. The maximum atomic E-state index is 12.3. The van der Waals surface area contributed by atoms with E-state index in [9.17, 15) is 19.2 Å². The average Bonchev–Trinajstić information content (AvgIpc) is 2.47. The zero-order valence-corrected chi connectivity index (χ0v) is 11.4. The number of hydrogen-bond donors (Lipinski definition) is 0. The van der Waals surface area contributed by atoms with E-state index < -0.39 is 22.4 Å². The van der Waals surface area contributed by atoms with Crippen LogP contribution in [0.1, 0.15) is 10.4 Å². The van der Waals surface area contributed by atoms with E-state index in [2.05, 4.69) is 10.0 Å². The van der Waals surface area contributed by atoms with Crippen LogP contribution in [0.5, 0.6) is 0 Å². The molecule has 0 bridgehead atoms. The van der Waals surface area contributed by atoms with Crippen LogP contribution in [0.3, 0.4) is 0 Å². The van der Waals surface area contributed by atoms with Gasteiger partial charge in [0, 0.05) is 26.1 Å². The number of nitrogens with zero attached hydrogens (tertiary/aromatic N) is 6. The summed E-state index contributed by atoms with van der Waals surface area (Å²) in [5.74, 6) is 0. The van der Waals surface area contributed by atoms with Crippen molar-refractivity contribution in [2.24, 2.45) is 26.3 Å². The van der Waals surface area contributed by atoms with Gasteiger partial charge in [-0.2, -0.15) is 0 Å². The highest BCUT2D eigenvalue weighted by Crippen LogP contribution is 2.23. The lowest BCUT2D eigenvalue weighted by atomic mass is 10.2. The first-order valence-corrected chi connectivity index (χ1v) is 5.69. The Labute approximate surface area is 116 Å². The monoisotopic (exact) mass is 290 g/mol. The van der Waals surface area contributed by atoms with Gasteiger partial charge in [0.05, 0.1) is 16.6 Å². The number of azide groups is 1. The minimum Gasteiger partial charge on any atom is -0.298 e. The van der Waals surface area contributed by atoms with Crippen LogP contribution in [0.2, 0.25) is 0 Å². The minimum absolute atomic E-state index is 0.0268. The van der Waals surface area contributed by atoms with Gasteiger partial charge in [0.2, 0.25) is 0 Å². The molecule has 10 nitrogen and oxygen atoms in total. The summed E-state index contributed by atoms with van der Waals surface area (Å²) in [5, 5.41) is 3.12. The van der Waals surface area contributed by atoms with Crippen molar-refractivity contribution in [1.82, 2.24) is 13.7 Å². The van der Waals surface area contributed by atoms with Crippen LogP contribution >= 0.6 is 0 Å². The Kier molecular flexibility index (Phi) is 3.24. The first-order valence-electron chi connectivity index (χ1n) is 5.69. The maximum absolute atomic E-state index is 12.3. The molecular weight excluding hydrogens is 280 g/mol. The molecule has 10 heteroatoms. The lowest BCUT2D eigenvalue weighted by Crippen LogP contribution is -2.40. The fraction of sp³-hybridized carbons (Fsp3) is 0.273. The molecule has 2 rings (SSSR count). The molecule has 0 aliphatic rings. The SMILES string of the molecule is Cn1c(=O)c2c(N=[N+]=[N-])c(C=O)c(=O)n(C)c2n(C)c1=O. The molecule has 0 saturated heterocycles. The molecule has 0 N–H and O–H groups in total. The lowest BCUT2D eigenvalue weighted by molar-refractivity contribution is 0.112. The van der Waals surface area contributed by atoms with Gasteiger partial charge in [-0.25, -0.2) is 4.79 Å². The van der Waals surface area contributed by atoms with E-state index in [4.69, 9.17) is 5.53 Å². The molecule has 21 heavy (non-hydrogen) atoms. The molecule has 0 aliphatic carbocycles. The number of aryl methyl sites for hydroxylation is 2. The second-order valence-electron chi connectivity index (χ2n) is 4.34. The summed E-state index contributed by atoms with van der Waals surface area (Å²) in [7, 11) is 3.93. The summed E-state index contributed by atoms with van der Waals surface area (Å²) in [5.41, 5.74) is 5.61. The van der Waals surface area contributed by atoms with Gasteiger partial charge in [0.25, 0.3) is 11.1 Å². The van der Waals surface area contributed by atoms with Crippen molar-refractivity contribution in [1.29, 1.82) is 0 Å². The topological polar surface area (TPSA) is 132 Å². The number of aldehydes is 1. The molecule has 0 amide bonds. The third-order valence-corrected chi connectivity index (χ3v) is 3.24. The standard InChI is InChI=1S/C11H10N6O4/c1-15-8-6(10(20)17(3)11(21)16(8)2)7(13-14-12)5(4-18)9(15)19/h4H,1-3H3. The largest absolute Gasteiger partial charge is 0.332 e. The first-order chi connectivity index (χ1) is 9.86. The summed E-state index contributed by atoms with van der Waals surface area (Å²) < 4.78 is 2.87. The molecule has 0 aromatic carbocycles. The summed E-state index contributed by atoms with van der Waals surface area (Å²) >= 11 is 0. The van der Waals surface area contributed by atoms with Gasteiger partial charge in [0.15, 0.2) is 6.29 Å². The Morgan fingerprint density at radius 3 is 2.19 bits per heavy atom. The van der Waals surface area contributed by atoms with Crippen molar-refractivity contribution in [2.75, 3.05) is 0 Å². The van der Waals surface area contributed by atoms with Gasteiger partial charge in [-0.15, -0.1) is 0 Å². The van der Waals surface area contributed by atoms with Crippen LogP contribution in [-0.4, -0.2) is 20.0 Å². The van der Waals surface area contributed by atoms with Gasteiger partial charge < -0.3 is 0 Å². The highest BCUT2D eigenvalue weighted by molar-refractivity contribution is 5.97. The maximum Gasteiger partial charge on any atom is 0.332 e. The number of rotatable bonds is 2. The Morgan fingerprint density at radius 2 is 1.67 bits per heavy atom.